The van der Waals surface area contributed by atoms with Crippen LogP contribution in [-0.2, 0) is 17.9 Å². The third kappa shape index (κ3) is 7.65. The monoisotopic (exact) mass is 554 g/mol. The van der Waals surface area contributed by atoms with E-state index < -0.39 is 0 Å². The van der Waals surface area contributed by atoms with E-state index in [0.717, 1.165) is 30.5 Å². The standard InChI is InChI=1S/C24H31FN4O2.HI/c1-3-21(31-22-11-6-10-20(25)14-22)16-28-24(26-2)27-15-18-8-4-5-9-19(18)17-29-13-7-12-23(29)30;/h4-6,8-11,14,21H,3,7,12-13,15-17H2,1-2H3,(H2,26,27,28);1H. The second-order valence-electron chi connectivity index (χ2n) is 7.60. The SMILES string of the molecule is CCC(CNC(=NC)NCc1ccccc1CN1CCCC1=O)Oc1cccc(F)c1.I. The minimum Gasteiger partial charge on any atom is -0.489 e. The van der Waals surface area contributed by atoms with Gasteiger partial charge >= 0.3 is 0 Å². The van der Waals surface area contributed by atoms with Gasteiger partial charge in [-0.25, -0.2) is 4.39 Å². The summed E-state index contributed by atoms with van der Waals surface area (Å²) in [7, 11) is 1.72. The van der Waals surface area contributed by atoms with Crippen molar-refractivity contribution in [2.45, 2.75) is 45.4 Å². The summed E-state index contributed by atoms with van der Waals surface area (Å²) in [4.78, 5) is 18.2. The number of nitrogens with one attached hydrogen (secondary N) is 2. The average Bonchev–Trinajstić information content (AvgIpc) is 3.18. The topological polar surface area (TPSA) is 66.0 Å². The number of nitrogens with zero attached hydrogens (tertiary/aromatic N) is 2. The van der Waals surface area contributed by atoms with Gasteiger partial charge in [-0.3, -0.25) is 9.79 Å². The highest BCUT2D eigenvalue weighted by Gasteiger charge is 2.21. The van der Waals surface area contributed by atoms with Crippen molar-refractivity contribution in [3.8, 4) is 5.75 Å². The third-order valence-corrected chi connectivity index (χ3v) is 5.37. The molecule has 1 aliphatic heterocycles. The number of carbonyl (C=O) groups excluding carboxylic acids is 1. The van der Waals surface area contributed by atoms with E-state index in [1.807, 2.05) is 24.0 Å². The molecule has 0 aromatic heterocycles. The van der Waals surface area contributed by atoms with Crippen LogP contribution in [0.1, 0.15) is 37.3 Å². The van der Waals surface area contributed by atoms with E-state index in [2.05, 4.69) is 27.8 Å². The zero-order valence-electron chi connectivity index (χ0n) is 18.6. The van der Waals surface area contributed by atoms with E-state index >= 15 is 0 Å². The van der Waals surface area contributed by atoms with Crippen molar-refractivity contribution in [3.05, 3.63) is 65.5 Å². The van der Waals surface area contributed by atoms with Crippen LogP contribution < -0.4 is 15.4 Å². The first-order valence-corrected chi connectivity index (χ1v) is 10.8. The number of halogens is 2. The van der Waals surface area contributed by atoms with Crippen LogP contribution in [0.3, 0.4) is 0 Å². The van der Waals surface area contributed by atoms with Gasteiger partial charge in [0.25, 0.3) is 0 Å². The first kappa shape index (κ1) is 25.9. The summed E-state index contributed by atoms with van der Waals surface area (Å²) in [5.41, 5.74) is 2.27. The van der Waals surface area contributed by atoms with E-state index in [1.165, 1.54) is 12.1 Å². The summed E-state index contributed by atoms with van der Waals surface area (Å²) >= 11 is 0. The minimum absolute atomic E-state index is 0. The Kier molecular flexibility index (Phi) is 10.7. The highest BCUT2D eigenvalue weighted by molar-refractivity contribution is 14.0. The Morgan fingerprint density at radius 1 is 1.19 bits per heavy atom. The second-order valence-corrected chi connectivity index (χ2v) is 7.60. The van der Waals surface area contributed by atoms with Gasteiger partial charge in [-0.05, 0) is 36.1 Å². The zero-order chi connectivity index (χ0) is 22.1. The fourth-order valence-electron chi connectivity index (χ4n) is 3.57. The van der Waals surface area contributed by atoms with Crippen molar-refractivity contribution in [1.82, 2.24) is 15.5 Å². The van der Waals surface area contributed by atoms with E-state index in [1.54, 1.807) is 19.2 Å². The predicted molar refractivity (Wildman–Crippen MR) is 136 cm³/mol. The Morgan fingerprint density at radius 3 is 2.62 bits per heavy atom. The van der Waals surface area contributed by atoms with E-state index in [9.17, 15) is 9.18 Å². The zero-order valence-corrected chi connectivity index (χ0v) is 21.0. The molecule has 2 aromatic carbocycles. The molecule has 1 heterocycles. The van der Waals surface area contributed by atoms with Crippen molar-refractivity contribution in [3.63, 3.8) is 0 Å². The lowest BCUT2D eigenvalue weighted by Crippen LogP contribution is -2.42. The van der Waals surface area contributed by atoms with Gasteiger partial charge in [-0.15, -0.1) is 24.0 Å². The highest BCUT2D eigenvalue weighted by atomic mass is 127. The average molecular weight is 554 g/mol. The maximum absolute atomic E-state index is 13.4. The molecular weight excluding hydrogens is 522 g/mol. The fraction of sp³-hybridized carbons (Fsp3) is 0.417. The molecular formula is C24H32FIN4O2. The van der Waals surface area contributed by atoms with E-state index in [0.29, 0.717) is 37.8 Å². The lowest BCUT2D eigenvalue weighted by Gasteiger charge is -2.21. The van der Waals surface area contributed by atoms with Crippen LogP contribution in [0, 0.1) is 5.82 Å². The van der Waals surface area contributed by atoms with E-state index in [-0.39, 0.29) is 41.8 Å². The molecule has 0 saturated carbocycles. The Hall–Kier alpha value is -2.36. The van der Waals surface area contributed by atoms with Crippen LogP contribution in [0.2, 0.25) is 0 Å². The number of rotatable bonds is 9. The van der Waals surface area contributed by atoms with Crippen LogP contribution in [0.25, 0.3) is 0 Å². The molecule has 174 valence electrons. The van der Waals surface area contributed by atoms with Crippen molar-refractivity contribution in [2.24, 2.45) is 4.99 Å². The summed E-state index contributed by atoms with van der Waals surface area (Å²) in [6.45, 7) is 4.63. The smallest absolute Gasteiger partial charge is 0.222 e. The van der Waals surface area contributed by atoms with Crippen LogP contribution in [-0.4, -0.2) is 43.0 Å². The molecule has 0 radical (unpaired) electrons. The molecule has 1 unspecified atom stereocenters. The molecule has 0 bridgehead atoms. The van der Waals surface area contributed by atoms with Crippen molar-refractivity contribution in [1.29, 1.82) is 0 Å². The van der Waals surface area contributed by atoms with Gasteiger partial charge in [-0.2, -0.15) is 0 Å². The molecule has 2 aromatic rings. The van der Waals surface area contributed by atoms with Gasteiger partial charge in [0.1, 0.15) is 17.7 Å². The third-order valence-electron chi connectivity index (χ3n) is 5.37. The number of carbonyl (C=O) groups is 1. The molecule has 0 aliphatic carbocycles. The van der Waals surface area contributed by atoms with Gasteiger partial charge in [0.2, 0.25) is 5.91 Å². The molecule has 2 N–H and O–H groups in total. The molecule has 1 fully saturated rings. The predicted octanol–water partition coefficient (Wildman–Crippen LogP) is 4.09. The number of hydrogen-bond donors (Lipinski definition) is 2. The number of likely N-dealkylation sites (tertiary alicyclic amines) is 1. The number of guanidine groups is 1. The Morgan fingerprint density at radius 2 is 1.97 bits per heavy atom. The van der Waals surface area contributed by atoms with Crippen molar-refractivity contribution in [2.75, 3.05) is 20.1 Å². The molecule has 32 heavy (non-hydrogen) atoms. The summed E-state index contributed by atoms with van der Waals surface area (Å²) in [5, 5.41) is 6.62. The van der Waals surface area contributed by atoms with E-state index in [4.69, 9.17) is 4.74 Å². The van der Waals surface area contributed by atoms with Gasteiger partial charge in [0.05, 0.1) is 6.54 Å². The van der Waals surface area contributed by atoms with Crippen molar-refractivity contribution < 1.29 is 13.9 Å². The normalized spacial score (nSPS) is 14.7. The molecule has 1 atom stereocenters. The first-order valence-electron chi connectivity index (χ1n) is 10.8. The summed E-state index contributed by atoms with van der Waals surface area (Å²) in [6.07, 6.45) is 2.24. The summed E-state index contributed by atoms with van der Waals surface area (Å²) in [6, 6.07) is 14.3. The quantitative estimate of drug-likeness (QED) is 0.279. The lowest BCUT2D eigenvalue weighted by atomic mass is 10.1. The Bertz CT molecular complexity index is 909. The highest BCUT2D eigenvalue weighted by Crippen LogP contribution is 2.17. The number of amides is 1. The van der Waals surface area contributed by atoms with Gasteiger partial charge in [0, 0.05) is 39.2 Å². The summed E-state index contributed by atoms with van der Waals surface area (Å²) < 4.78 is 19.3. The van der Waals surface area contributed by atoms with Crippen LogP contribution in [0.4, 0.5) is 4.39 Å². The van der Waals surface area contributed by atoms with Gasteiger partial charge in [0.15, 0.2) is 5.96 Å². The molecule has 0 spiro atoms. The number of hydrogen-bond acceptors (Lipinski definition) is 3. The molecule has 8 heteroatoms. The first-order chi connectivity index (χ1) is 15.1. The second kappa shape index (κ2) is 13.2. The largest absolute Gasteiger partial charge is 0.489 e. The van der Waals surface area contributed by atoms with Crippen molar-refractivity contribution >= 4 is 35.8 Å². The number of benzene rings is 2. The maximum atomic E-state index is 13.4. The molecule has 1 saturated heterocycles. The maximum Gasteiger partial charge on any atom is 0.222 e. The van der Waals surface area contributed by atoms with Crippen LogP contribution in [0.5, 0.6) is 5.75 Å². The van der Waals surface area contributed by atoms with Crippen LogP contribution in [0.15, 0.2) is 53.5 Å². The summed E-state index contributed by atoms with van der Waals surface area (Å²) in [5.74, 6) is 1.09. The Balaban J connectivity index is 0.00000363. The number of ether oxygens (including phenoxy) is 1. The van der Waals surface area contributed by atoms with Gasteiger partial charge in [-0.1, -0.05) is 37.3 Å². The molecule has 3 rings (SSSR count). The van der Waals surface area contributed by atoms with Gasteiger partial charge < -0.3 is 20.3 Å². The molecule has 1 amide bonds. The fourth-order valence-corrected chi connectivity index (χ4v) is 3.57. The molecule has 1 aliphatic rings. The lowest BCUT2D eigenvalue weighted by molar-refractivity contribution is -0.128. The number of aliphatic imine (C=N–C) groups is 1. The molecule has 6 nitrogen and oxygen atoms in total. The Labute approximate surface area is 206 Å². The minimum atomic E-state index is -0.313. The van der Waals surface area contributed by atoms with Crippen LogP contribution >= 0.6 is 24.0 Å².